The van der Waals surface area contributed by atoms with E-state index < -0.39 is 5.25 Å². The van der Waals surface area contributed by atoms with Gasteiger partial charge in [0.1, 0.15) is 17.6 Å². The second-order valence-corrected chi connectivity index (χ2v) is 8.33. The lowest BCUT2D eigenvalue weighted by molar-refractivity contribution is -0.139. The van der Waals surface area contributed by atoms with Crippen molar-refractivity contribution in [1.29, 1.82) is 0 Å². The molecule has 0 bridgehead atoms. The average Bonchev–Trinajstić information content (AvgIpc) is 3.18. The van der Waals surface area contributed by atoms with E-state index >= 15 is 0 Å². The molecule has 158 valence electrons. The van der Waals surface area contributed by atoms with Crippen molar-refractivity contribution < 1.29 is 14.3 Å². The summed E-state index contributed by atoms with van der Waals surface area (Å²) in [6.07, 6.45) is 0. The number of nitrogens with zero attached hydrogens (tertiary/aromatic N) is 3. The summed E-state index contributed by atoms with van der Waals surface area (Å²) in [5.74, 6) is 1.19. The van der Waals surface area contributed by atoms with Crippen LogP contribution in [0.1, 0.15) is 18.3 Å². The molecule has 0 saturated heterocycles. The molecule has 0 aliphatic rings. The smallest absolute Gasteiger partial charge is 0.318 e. The van der Waals surface area contributed by atoms with E-state index in [0.29, 0.717) is 17.5 Å². The number of fused-ring (bicyclic) bond motifs is 1. The van der Waals surface area contributed by atoms with Gasteiger partial charge in [0, 0.05) is 5.39 Å². The van der Waals surface area contributed by atoms with Crippen molar-refractivity contribution in [3.8, 4) is 5.75 Å². The van der Waals surface area contributed by atoms with Gasteiger partial charge in [0.15, 0.2) is 11.0 Å². The Labute approximate surface area is 185 Å². The number of methoxy groups -OCH3 is 1. The zero-order chi connectivity index (χ0) is 21.6. The van der Waals surface area contributed by atoms with E-state index in [9.17, 15) is 4.79 Å². The summed E-state index contributed by atoms with van der Waals surface area (Å²) in [6.45, 7) is 2.64. The summed E-state index contributed by atoms with van der Waals surface area (Å²) < 4.78 is 13.0. The SMILES string of the molecule is COC(=O)[C@H](C)Sc1nnc(COc2cccc3ccccc23)n1Cc1ccccc1. The third-order valence-corrected chi connectivity index (χ3v) is 5.96. The van der Waals surface area contributed by atoms with Gasteiger partial charge >= 0.3 is 5.97 Å². The van der Waals surface area contributed by atoms with Crippen molar-refractivity contribution in [2.24, 2.45) is 0 Å². The zero-order valence-electron chi connectivity index (χ0n) is 17.4. The molecule has 31 heavy (non-hydrogen) atoms. The highest BCUT2D eigenvalue weighted by Crippen LogP contribution is 2.27. The molecule has 1 atom stereocenters. The molecule has 0 fully saturated rings. The number of hydrogen-bond donors (Lipinski definition) is 0. The van der Waals surface area contributed by atoms with Gasteiger partial charge < -0.3 is 9.47 Å². The van der Waals surface area contributed by atoms with E-state index in [4.69, 9.17) is 9.47 Å². The normalized spacial score (nSPS) is 11.9. The molecule has 3 aromatic carbocycles. The third kappa shape index (κ3) is 4.88. The Balaban J connectivity index is 1.60. The van der Waals surface area contributed by atoms with Crippen molar-refractivity contribution in [3.63, 3.8) is 0 Å². The third-order valence-electron chi connectivity index (χ3n) is 4.90. The van der Waals surface area contributed by atoms with Crippen LogP contribution in [-0.4, -0.2) is 33.1 Å². The van der Waals surface area contributed by atoms with E-state index in [-0.39, 0.29) is 12.6 Å². The van der Waals surface area contributed by atoms with Crippen LogP contribution in [0.15, 0.2) is 78.0 Å². The first-order valence-corrected chi connectivity index (χ1v) is 10.8. The Kier molecular flexibility index (Phi) is 6.52. The van der Waals surface area contributed by atoms with Gasteiger partial charge in [-0.2, -0.15) is 0 Å². The fraction of sp³-hybridized carbons (Fsp3) is 0.208. The molecule has 7 heteroatoms. The number of ether oxygens (including phenoxy) is 2. The maximum absolute atomic E-state index is 11.9. The van der Waals surface area contributed by atoms with Crippen molar-refractivity contribution in [1.82, 2.24) is 14.8 Å². The summed E-state index contributed by atoms with van der Waals surface area (Å²) in [5.41, 5.74) is 1.11. The predicted octanol–water partition coefficient (Wildman–Crippen LogP) is 4.71. The molecule has 0 spiro atoms. The fourth-order valence-corrected chi connectivity index (χ4v) is 4.17. The highest BCUT2D eigenvalue weighted by Gasteiger charge is 2.21. The van der Waals surface area contributed by atoms with Crippen LogP contribution < -0.4 is 4.74 Å². The molecule has 0 unspecified atom stereocenters. The molecule has 1 heterocycles. The minimum atomic E-state index is -0.393. The van der Waals surface area contributed by atoms with Crippen LogP contribution in [-0.2, 0) is 22.7 Å². The molecule has 0 amide bonds. The lowest BCUT2D eigenvalue weighted by Crippen LogP contribution is -2.16. The molecular weight excluding hydrogens is 410 g/mol. The highest BCUT2D eigenvalue weighted by molar-refractivity contribution is 8.00. The molecule has 0 N–H and O–H groups in total. The number of carbonyl (C=O) groups is 1. The Bertz CT molecular complexity index is 1170. The van der Waals surface area contributed by atoms with E-state index in [1.807, 2.05) is 65.2 Å². The summed E-state index contributed by atoms with van der Waals surface area (Å²) >= 11 is 1.33. The van der Waals surface area contributed by atoms with Gasteiger partial charge in [0.05, 0.1) is 13.7 Å². The van der Waals surface area contributed by atoms with E-state index in [1.165, 1.54) is 18.9 Å². The Morgan fingerprint density at radius 2 is 1.74 bits per heavy atom. The van der Waals surface area contributed by atoms with Crippen LogP contribution in [0, 0.1) is 0 Å². The van der Waals surface area contributed by atoms with Gasteiger partial charge in [0.25, 0.3) is 0 Å². The van der Waals surface area contributed by atoms with Gasteiger partial charge in [-0.1, -0.05) is 78.5 Å². The van der Waals surface area contributed by atoms with Crippen LogP contribution >= 0.6 is 11.8 Å². The van der Waals surface area contributed by atoms with Gasteiger partial charge in [-0.25, -0.2) is 0 Å². The number of aromatic nitrogens is 3. The van der Waals surface area contributed by atoms with Crippen LogP contribution in [0.2, 0.25) is 0 Å². The molecule has 0 aliphatic carbocycles. The first kappa shape index (κ1) is 20.9. The van der Waals surface area contributed by atoms with Crippen molar-refractivity contribution in [3.05, 3.63) is 84.2 Å². The van der Waals surface area contributed by atoms with E-state index in [2.05, 4.69) is 22.3 Å². The maximum Gasteiger partial charge on any atom is 0.318 e. The monoisotopic (exact) mass is 433 g/mol. The zero-order valence-corrected chi connectivity index (χ0v) is 18.2. The quantitative estimate of drug-likeness (QED) is 0.296. The number of thioether (sulfide) groups is 1. The van der Waals surface area contributed by atoms with Gasteiger partial charge in [-0.15, -0.1) is 10.2 Å². The van der Waals surface area contributed by atoms with Crippen LogP contribution in [0.3, 0.4) is 0 Å². The highest BCUT2D eigenvalue weighted by atomic mass is 32.2. The summed E-state index contributed by atoms with van der Waals surface area (Å²) in [5, 5.41) is 11.1. The molecule has 4 rings (SSSR count). The minimum Gasteiger partial charge on any atom is -0.485 e. The maximum atomic E-state index is 11.9. The summed E-state index contributed by atoms with van der Waals surface area (Å²) in [4.78, 5) is 11.9. The Morgan fingerprint density at radius 1 is 1.00 bits per heavy atom. The molecule has 0 aliphatic heterocycles. The van der Waals surface area contributed by atoms with Crippen molar-refractivity contribution >= 4 is 28.5 Å². The molecule has 6 nitrogen and oxygen atoms in total. The number of esters is 1. The second kappa shape index (κ2) is 9.66. The lowest BCUT2D eigenvalue weighted by Gasteiger charge is -2.13. The standard InChI is InChI=1S/C24H23N3O3S/c1-17(23(28)29-2)31-24-26-25-22(27(24)15-18-9-4-3-5-10-18)16-30-21-14-8-12-19-11-6-7-13-20(19)21/h3-14,17H,15-16H2,1-2H3/t17-/m0/s1. The number of carbonyl (C=O) groups excluding carboxylic acids is 1. The molecule has 1 aromatic heterocycles. The predicted molar refractivity (Wildman–Crippen MR) is 121 cm³/mol. The molecule has 0 radical (unpaired) electrons. The number of hydrogen-bond acceptors (Lipinski definition) is 6. The van der Waals surface area contributed by atoms with Crippen molar-refractivity contribution in [2.75, 3.05) is 7.11 Å². The van der Waals surface area contributed by atoms with Crippen LogP contribution in [0.25, 0.3) is 10.8 Å². The number of benzene rings is 3. The number of rotatable bonds is 8. The molecule has 4 aromatic rings. The largest absolute Gasteiger partial charge is 0.485 e. The molecular formula is C24H23N3O3S. The Morgan fingerprint density at radius 3 is 2.55 bits per heavy atom. The molecule has 0 saturated carbocycles. The Hall–Kier alpha value is -3.32. The van der Waals surface area contributed by atoms with Gasteiger partial charge in [-0.05, 0) is 23.9 Å². The van der Waals surface area contributed by atoms with Crippen LogP contribution in [0.4, 0.5) is 0 Å². The second-order valence-electron chi connectivity index (χ2n) is 7.02. The summed E-state index contributed by atoms with van der Waals surface area (Å²) in [6, 6.07) is 24.2. The first-order chi connectivity index (χ1) is 15.2. The topological polar surface area (TPSA) is 66.2 Å². The minimum absolute atomic E-state index is 0.265. The van der Waals surface area contributed by atoms with E-state index in [0.717, 1.165) is 22.1 Å². The van der Waals surface area contributed by atoms with Gasteiger partial charge in [0.2, 0.25) is 0 Å². The fourth-order valence-electron chi connectivity index (χ4n) is 3.27. The van der Waals surface area contributed by atoms with Crippen molar-refractivity contribution in [2.45, 2.75) is 30.5 Å². The van der Waals surface area contributed by atoms with Gasteiger partial charge in [-0.3, -0.25) is 9.36 Å². The first-order valence-electron chi connectivity index (χ1n) is 9.96. The van der Waals surface area contributed by atoms with Crippen LogP contribution in [0.5, 0.6) is 5.75 Å². The lowest BCUT2D eigenvalue weighted by atomic mass is 10.1. The van der Waals surface area contributed by atoms with E-state index in [1.54, 1.807) is 6.92 Å². The average molecular weight is 434 g/mol. The summed E-state index contributed by atoms with van der Waals surface area (Å²) in [7, 11) is 1.39.